The molecule has 0 bridgehead atoms. The van der Waals surface area contributed by atoms with Crippen molar-refractivity contribution in [2.75, 3.05) is 20.0 Å². The van der Waals surface area contributed by atoms with Crippen molar-refractivity contribution >= 4 is 37.3 Å². The average Bonchev–Trinajstić information content (AvgIpc) is 3.09. The Morgan fingerprint density at radius 1 is 1.13 bits per heavy atom. The topological polar surface area (TPSA) is 87.0 Å². The first-order valence-electron chi connectivity index (χ1n) is 9.43. The minimum absolute atomic E-state index is 0.0169. The number of sulfone groups is 1. The van der Waals surface area contributed by atoms with Gasteiger partial charge in [0.2, 0.25) is 5.91 Å². The molecule has 1 amide bonds. The highest BCUT2D eigenvalue weighted by Crippen LogP contribution is 2.23. The molecule has 31 heavy (non-hydrogen) atoms. The lowest BCUT2D eigenvalue weighted by Gasteiger charge is -2.05. The first-order chi connectivity index (χ1) is 14.9. The highest BCUT2D eigenvalue weighted by molar-refractivity contribution is 7.91. The van der Waals surface area contributed by atoms with Gasteiger partial charge in [-0.3, -0.25) is 4.79 Å². The number of amides is 1. The lowest BCUT2D eigenvalue weighted by Crippen LogP contribution is -2.16. The van der Waals surface area contributed by atoms with Crippen LogP contribution in [0.1, 0.15) is 12.8 Å². The molecule has 0 saturated carbocycles. The van der Waals surface area contributed by atoms with Crippen LogP contribution in [0.15, 0.2) is 52.4 Å². The van der Waals surface area contributed by atoms with Gasteiger partial charge in [-0.2, -0.15) is 4.99 Å². The molecule has 0 unspecified atom stereocenters. The summed E-state index contributed by atoms with van der Waals surface area (Å²) in [6.07, 6.45) is 5.66. The van der Waals surface area contributed by atoms with Crippen molar-refractivity contribution in [3.63, 3.8) is 0 Å². The molecule has 1 aromatic heterocycles. The Bertz CT molecular complexity index is 1300. The molecule has 162 valence electrons. The lowest BCUT2D eigenvalue weighted by atomic mass is 10.3. The van der Waals surface area contributed by atoms with E-state index >= 15 is 0 Å². The van der Waals surface area contributed by atoms with E-state index in [4.69, 9.17) is 15.9 Å². The molecule has 0 N–H and O–H groups in total. The van der Waals surface area contributed by atoms with E-state index in [1.165, 1.54) is 30.6 Å². The fraction of sp³-hybridized carbons (Fsp3) is 0.273. The van der Waals surface area contributed by atoms with E-state index in [2.05, 4.69) is 10.9 Å². The molecule has 1 heterocycles. The fourth-order valence-electron chi connectivity index (χ4n) is 2.99. The molecule has 9 heteroatoms. The van der Waals surface area contributed by atoms with Crippen LogP contribution in [0.25, 0.3) is 10.2 Å². The molecule has 3 rings (SSSR count). The standard InChI is InChI=1S/C22H22N2O5S2/c1-4-13-24-19-12-9-17(29-3)15-20(19)30-22(24)23-21(25)6-5-14-31(26,27)18-10-7-16(28-2)8-11-18/h1,7-12,15H,5-6,13-14H2,2-3H3. The van der Waals surface area contributed by atoms with Gasteiger partial charge < -0.3 is 14.0 Å². The zero-order chi connectivity index (χ0) is 22.4. The largest absolute Gasteiger partial charge is 0.497 e. The van der Waals surface area contributed by atoms with Crippen molar-refractivity contribution in [2.24, 2.45) is 4.99 Å². The van der Waals surface area contributed by atoms with Crippen LogP contribution >= 0.6 is 11.3 Å². The number of terminal acetylenes is 1. The van der Waals surface area contributed by atoms with Crippen LogP contribution in [0, 0.1) is 12.3 Å². The predicted octanol–water partition coefficient (Wildman–Crippen LogP) is 3.03. The summed E-state index contributed by atoms with van der Waals surface area (Å²) < 4.78 is 37.9. The summed E-state index contributed by atoms with van der Waals surface area (Å²) in [7, 11) is -0.396. The molecule has 0 fully saturated rings. The third kappa shape index (κ3) is 5.34. The maximum atomic E-state index is 12.5. The Labute approximate surface area is 184 Å². The van der Waals surface area contributed by atoms with Crippen LogP contribution in [0.4, 0.5) is 0 Å². The maximum absolute atomic E-state index is 12.5. The molecule has 0 spiro atoms. The molecular formula is C22H22N2O5S2. The van der Waals surface area contributed by atoms with Crippen molar-refractivity contribution in [3.05, 3.63) is 47.3 Å². The Hall–Kier alpha value is -3.09. The third-order valence-corrected chi connectivity index (χ3v) is 7.44. The van der Waals surface area contributed by atoms with Crippen molar-refractivity contribution in [1.82, 2.24) is 4.57 Å². The minimum Gasteiger partial charge on any atom is -0.497 e. The van der Waals surface area contributed by atoms with E-state index < -0.39 is 15.7 Å². The van der Waals surface area contributed by atoms with Crippen LogP contribution in [-0.4, -0.2) is 38.9 Å². The molecule has 3 aromatic rings. The zero-order valence-electron chi connectivity index (χ0n) is 17.2. The van der Waals surface area contributed by atoms with E-state index in [1.807, 2.05) is 18.2 Å². The number of ether oxygens (including phenoxy) is 2. The predicted molar refractivity (Wildman–Crippen MR) is 120 cm³/mol. The van der Waals surface area contributed by atoms with Gasteiger partial charge in [0.15, 0.2) is 14.6 Å². The first-order valence-corrected chi connectivity index (χ1v) is 11.9. The van der Waals surface area contributed by atoms with Gasteiger partial charge >= 0.3 is 0 Å². The molecule has 7 nitrogen and oxygen atoms in total. The highest BCUT2D eigenvalue weighted by atomic mass is 32.2. The number of methoxy groups -OCH3 is 2. The number of hydrogen-bond donors (Lipinski definition) is 0. The number of hydrogen-bond acceptors (Lipinski definition) is 6. The Morgan fingerprint density at radius 2 is 1.81 bits per heavy atom. The third-order valence-electron chi connectivity index (χ3n) is 4.58. The number of carbonyl (C=O) groups is 1. The Morgan fingerprint density at radius 3 is 2.45 bits per heavy atom. The van der Waals surface area contributed by atoms with Crippen molar-refractivity contribution in [3.8, 4) is 23.8 Å². The van der Waals surface area contributed by atoms with Crippen LogP contribution in [0.3, 0.4) is 0 Å². The molecule has 0 aliphatic heterocycles. The Kier molecular flexibility index (Phi) is 7.15. The second kappa shape index (κ2) is 9.81. The van der Waals surface area contributed by atoms with E-state index in [1.54, 1.807) is 23.8 Å². The average molecular weight is 459 g/mol. The lowest BCUT2D eigenvalue weighted by molar-refractivity contribution is -0.118. The minimum atomic E-state index is -3.49. The Balaban J connectivity index is 1.74. The zero-order valence-corrected chi connectivity index (χ0v) is 18.8. The summed E-state index contributed by atoms with van der Waals surface area (Å²) in [6.45, 7) is 0.268. The molecule has 0 radical (unpaired) electrons. The number of rotatable bonds is 8. The molecular weight excluding hydrogens is 436 g/mol. The number of carbonyl (C=O) groups excluding carboxylic acids is 1. The molecule has 0 aliphatic carbocycles. The van der Waals surface area contributed by atoms with E-state index in [-0.39, 0.29) is 30.0 Å². The molecule has 0 atom stereocenters. The second-order valence-electron chi connectivity index (χ2n) is 6.61. The summed E-state index contributed by atoms with van der Waals surface area (Å²) >= 11 is 1.33. The molecule has 2 aromatic carbocycles. The number of benzene rings is 2. The fourth-order valence-corrected chi connectivity index (χ4v) is 5.37. The van der Waals surface area contributed by atoms with Crippen LogP contribution in [0.2, 0.25) is 0 Å². The highest BCUT2D eigenvalue weighted by Gasteiger charge is 2.15. The van der Waals surface area contributed by atoms with Crippen molar-refractivity contribution in [2.45, 2.75) is 24.3 Å². The quantitative estimate of drug-likeness (QED) is 0.484. The van der Waals surface area contributed by atoms with E-state index in [0.717, 1.165) is 10.2 Å². The van der Waals surface area contributed by atoms with E-state index in [9.17, 15) is 13.2 Å². The summed E-state index contributed by atoms with van der Waals surface area (Å²) in [5, 5.41) is 0. The first kappa shape index (κ1) is 22.6. The maximum Gasteiger partial charge on any atom is 0.248 e. The number of fused-ring (bicyclic) bond motifs is 1. The van der Waals surface area contributed by atoms with Crippen LogP contribution in [0.5, 0.6) is 11.5 Å². The normalized spacial score (nSPS) is 12.0. The number of thiazole rings is 1. The van der Waals surface area contributed by atoms with Gasteiger partial charge in [0.05, 0.1) is 41.6 Å². The summed E-state index contributed by atoms with van der Waals surface area (Å²) in [4.78, 5) is 17.3. The monoisotopic (exact) mass is 458 g/mol. The second-order valence-corrected chi connectivity index (χ2v) is 9.73. The van der Waals surface area contributed by atoms with Gasteiger partial charge in [-0.15, -0.1) is 6.42 Å². The summed E-state index contributed by atoms with van der Waals surface area (Å²) in [5.41, 5.74) is 0.859. The molecule has 0 saturated heterocycles. The number of nitrogens with zero attached hydrogens (tertiary/aromatic N) is 2. The van der Waals surface area contributed by atoms with Gasteiger partial charge in [0.25, 0.3) is 0 Å². The van der Waals surface area contributed by atoms with Crippen molar-refractivity contribution < 1.29 is 22.7 Å². The van der Waals surface area contributed by atoms with Crippen LogP contribution in [-0.2, 0) is 21.2 Å². The van der Waals surface area contributed by atoms with Crippen LogP contribution < -0.4 is 14.3 Å². The molecule has 0 aliphatic rings. The smallest absolute Gasteiger partial charge is 0.248 e. The van der Waals surface area contributed by atoms with E-state index in [0.29, 0.717) is 16.3 Å². The van der Waals surface area contributed by atoms with Gasteiger partial charge in [-0.05, 0) is 48.9 Å². The number of aromatic nitrogens is 1. The summed E-state index contributed by atoms with van der Waals surface area (Å²) in [6, 6.07) is 11.7. The van der Waals surface area contributed by atoms with Gasteiger partial charge in [-0.1, -0.05) is 17.3 Å². The SMILES string of the molecule is C#CCn1c(=NC(=O)CCCS(=O)(=O)c2ccc(OC)cc2)sc2cc(OC)ccc21. The van der Waals surface area contributed by atoms with Gasteiger partial charge in [0.1, 0.15) is 11.5 Å². The van der Waals surface area contributed by atoms with Crippen molar-refractivity contribution in [1.29, 1.82) is 0 Å². The summed E-state index contributed by atoms with van der Waals surface area (Å²) in [5.74, 6) is 3.31. The van der Waals surface area contributed by atoms with Gasteiger partial charge in [0, 0.05) is 6.42 Å². The van der Waals surface area contributed by atoms with Gasteiger partial charge in [-0.25, -0.2) is 8.42 Å².